The van der Waals surface area contributed by atoms with E-state index in [1.54, 1.807) is 41.3 Å². The van der Waals surface area contributed by atoms with E-state index in [9.17, 15) is 9.90 Å². The first-order valence-electron chi connectivity index (χ1n) is 7.47. The second-order valence-electron chi connectivity index (χ2n) is 4.99. The Kier molecular flexibility index (Phi) is 5.77. The number of rotatable bonds is 5. The molecular formula is C18H19ClN2O2. The van der Waals surface area contributed by atoms with Crippen LogP contribution in [-0.4, -0.2) is 35.2 Å². The highest BCUT2D eigenvalue weighted by Crippen LogP contribution is 2.21. The molecule has 0 radical (unpaired) electrons. The van der Waals surface area contributed by atoms with E-state index in [-0.39, 0.29) is 11.7 Å². The Balaban J connectivity index is 2.25. The van der Waals surface area contributed by atoms with Crippen LogP contribution in [0.1, 0.15) is 29.8 Å². The van der Waals surface area contributed by atoms with E-state index >= 15 is 0 Å². The van der Waals surface area contributed by atoms with Crippen LogP contribution in [0, 0.1) is 0 Å². The molecule has 0 aliphatic heterocycles. The van der Waals surface area contributed by atoms with Crippen molar-refractivity contribution in [2.45, 2.75) is 13.8 Å². The van der Waals surface area contributed by atoms with Gasteiger partial charge in [0.15, 0.2) is 0 Å². The SMILES string of the molecule is CCN(CC)C(=O)c1cccc(N=Cc2cc(Cl)ccc2O)c1. The van der Waals surface area contributed by atoms with Crippen molar-refractivity contribution in [2.24, 2.45) is 4.99 Å². The molecule has 0 atom stereocenters. The summed E-state index contributed by atoms with van der Waals surface area (Å²) in [5.74, 6) is 0.0891. The Labute approximate surface area is 141 Å². The lowest BCUT2D eigenvalue weighted by atomic mass is 10.1. The van der Waals surface area contributed by atoms with Crippen LogP contribution in [0.2, 0.25) is 5.02 Å². The zero-order chi connectivity index (χ0) is 16.8. The van der Waals surface area contributed by atoms with Crippen LogP contribution in [0.15, 0.2) is 47.5 Å². The fraction of sp³-hybridized carbons (Fsp3) is 0.222. The van der Waals surface area contributed by atoms with Gasteiger partial charge < -0.3 is 10.0 Å². The van der Waals surface area contributed by atoms with Gasteiger partial charge in [0, 0.05) is 35.5 Å². The summed E-state index contributed by atoms with van der Waals surface area (Å²) >= 11 is 5.91. The molecule has 2 aromatic carbocycles. The lowest BCUT2D eigenvalue weighted by Crippen LogP contribution is -2.30. The minimum absolute atomic E-state index is 0.0161. The fourth-order valence-electron chi connectivity index (χ4n) is 2.19. The molecule has 23 heavy (non-hydrogen) atoms. The number of aliphatic imine (C=N–C) groups is 1. The molecule has 1 amide bonds. The summed E-state index contributed by atoms with van der Waals surface area (Å²) in [6, 6.07) is 11.9. The summed E-state index contributed by atoms with van der Waals surface area (Å²) in [5.41, 5.74) is 1.76. The standard InChI is InChI=1S/C18H19ClN2O2/c1-3-21(4-2)18(23)13-6-5-7-16(11-13)20-12-14-10-15(19)8-9-17(14)22/h5-12,22H,3-4H2,1-2H3. The molecule has 0 bridgehead atoms. The van der Waals surface area contributed by atoms with Gasteiger partial charge in [-0.15, -0.1) is 0 Å². The lowest BCUT2D eigenvalue weighted by molar-refractivity contribution is 0.0773. The van der Waals surface area contributed by atoms with Crippen molar-refractivity contribution in [3.8, 4) is 5.75 Å². The molecule has 4 nitrogen and oxygen atoms in total. The second kappa shape index (κ2) is 7.79. The molecular weight excluding hydrogens is 312 g/mol. The van der Waals surface area contributed by atoms with Gasteiger partial charge in [-0.3, -0.25) is 9.79 Å². The summed E-state index contributed by atoms with van der Waals surface area (Å²) in [6.07, 6.45) is 1.53. The van der Waals surface area contributed by atoms with Gasteiger partial charge in [-0.1, -0.05) is 17.7 Å². The number of nitrogens with zero attached hydrogens (tertiary/aromatic N) is 2. The Hall–Kier alpha value is -2.33. The van der Waals surface area contributed by atoms with Crippen LogP contribution in [0.5, 0.6) is 5.75 Å². The Morgan fingerprint density at radius 1 is 1.22 bits per heavy atom. The zero-order valence-corrected chi connectivity index (χ0v) is 13.9. The molecule has 0 saturated heterocycles. The number of benzene rings is 2. The number of carbonyl (C=O) groups excluding carboxylic acids is 1. The number of hydrogen-bond donors (Lipinski definition) is 1. The first-order valence-corrected chi connectivity index (χ1v) is 7.84. The molecule has 0 spiro atoms. The van der Waals surface area contributed by atoms with Gasteiger partial charge in [0.05, 0.1) is 5.69 Å². The summed E-state index contributed by atoms with van der Waals surface area (Å²) in [7, 11) is 0. The van der Waals surface area contributed by atoms with E-state index < -0.39 is 0 Å². The topological polar surface area (TPSA) is 52.9 Å². The average Bonchev–Trinajstić information content (AvgIpc) is 2.57. The first kappa shape index (κ1) is 17.0. The van der Waals surface area contributed by atoms with Crippen molar-refractivity contribution in [1.29, 1.82) is 0 Å². The molecule has 120 valence electrons. The van der Waals surface area contributed by atoms with Crippen LogP contribution < -0.4 is 0 Å². The van der Waals surface area contributed by atoms with Gasteiger partial charge in [0.2, 0.25) is 0 Å². The third kappa shape index (κ3) is 4.33. The fourth-order valence-corrected chi connectivity index (χ4v) is 2.37. The van der Waals surface area contributed by atoms with Crippen molar-refractivity contribution in [1.82, 2.24) is 4.90 Å². The maximum absolute atomic E-state index is 12.3. The first-order chi connectivity index (χ1) is 11.0. The number of hydrogen-bond acceptors (Lipinski definition) is 3. The van der Waals surface area contributed by atoms with Crippen molar-refractivity contribution in [3.63, 3.8) is 0 Å². The van der Waals surface area contributed by atoms with Crippen LogP contribution in [0.4, 0.5) is 5.69 Å². The number of phenolic OH excluding ortho intramolecular Hbond substituents is 1. The molecule has 0 saturated carbocycles. The third-order valence-corrected chi connectivity index (χ3v) is 3.72. The van der Waals surface area contributed by atoms with E-state index in [0.717, 1.165) is 0 Å². The van der Waals surface area contributed by atoms with Crippen molar-refractivity contribution < 1.29 is 9.90 Å². The van der Waals surface area contributed by atoms with Crippen molar-refractivity contribution >= 4 is 29.4 Å². The van der Waals surface area contributed by atoms with Crippen LogP contribution in [0.25, 0.3) is 0 Å². The predicted octanol–water partition coefficient (Wildman–Crippen LogP) is 4.28. The number of aromatic hydroxyl groups is 1. The minimum atomic E-state index is -0.0161. The Morgan fingerprint density at radius 3 is 2.65 bits per heavy atom. The summed E-state index contributed by atoms with van der Waals surface area (Å²) < 4.78 is 0. The van der Waals surface area contributed by atoms with E-state index in [4.69, 9.17) is 11.6 Å². The van der Waals surface area contributed by atoms with Gasteiger partial charge >= 0.3 is 0 Å². The summed E-state index contributed by atoms with van der Waals surface area (Å²) in [6.45, 7) is 5.23. The predicted molar refractivity (Wildman–Crippen MR) is 94.1 cm³/mol. The smallest absolute Gasteiger partial charge is 0.253 e. The van der Waals surface area contributed by atoms with Gasteiger partial charge in [0.1, 0.15) is 5.75 Å². The molecule has 0 aliphatic carbocycles. The maximum atomic E-state index is 12.3. The van der Waals surface area contributed by atoms with Gasteiger partial charge in [-0.2, -0.15) is 0 Å². The molecule has 0 unspecified atom stereocenters. The van der Waals surface area contributed by atoms with Crippen LogP contribution in [0.3, 0.4) is 0 Å². The lowest BCUT2D eigenvalue weighted by Gasteiger charge is -2.18. The van der Waals surface area contributed by atoms with Gasteiger partial charge in [-0.05, 0) is 50.2 Å². The van der Waals surface area contributed by atoms with Gasteiger partial charge in [-0.25, -0.2) is 0 Å². The minimum Gasteiger partial charge on any atom is -0.507 e. The van der Waals surface area contributed by atoms with E-state index in [1.165, 1.54) is 12.3 Å². The molecule has 2 rings (SSSR count). The van der Waals surface area contributed by atoms with Crippen LogP contribution >= 0.6 is 11.6 Å². The van der Waals surface area contributed by atoms with E-state index in [2.05, 4.69) is 4.99 Å². The number of phenols is 1. The largest absolute Gasteiger partial charge is 0.507 e. The molecule has 0 fully saturated rings. The summed E-state index contributed by atoms with van der Waals surface area (Å²) in [5, 5.41) is 10.3. The monoisotopic (exact) mass is 330 g/mol. The zero-order valence-electron chi connectivity index (χ0n) is 13.2. The number of carbonyl (C=O) groups is 1. The maximum Gasteiger partial charge on any atom is 0.253 e. The number of halogens is 1. The third-order valence-electron chi connectivity index (χ3n) is 3.49. The van der Waals surface area contributed by atoms with Gasteiger partial charge in [0.25, 0.3) is 5.91 Å². The Morgan fingerprint density at radius 2 is 1.96 bits per heavy atom. The molecule has 0 aromatic heterocycles. The highest BCUT2D eigenvalue weighted by molar-refractivity contribution is 6.30. The highest BCUT2D eigenvalue weighted by atomic mass is 35.5. The molecule has 2 aromatic rings. The van der Waals surface area contributed by atoms with E-state index in [0.29, 0.717) is 34.9 Å². The van der Waals surface area contributed by atoms with E-state index in [1.807, 2.05) is 13.8 Å². The Bertz CT molecular complexity index is 725. The van der Waals surface area contributed by atoms with Crippen LogP contribution in [-0.2, 0) is 0 Å². The summed E-state index contributed by atoms with van der Waals surface area (Å²) in [4.78, 5) is 18.4. The molecule has 5 heteroatoms. The molecule has 0 aliphatic rings. The molecule has 0 heterocycles. The average molecular weight is 331 g/mol. The normalized spacial score (nSPS) is 10.9. The second-order valence-corrected chi connectivity index (χ2v) is 5.43. The number of amides is 1. The molecule has 1 N–H and O–H groups in total. The van der Waals surface area contributed by atoms with Crippen molar-refractivity contribution in [3.05, 3.63) is 58.6 Å². The van der Waals surface area contributed by atoms with Crippen molar-refractivity contribution in [2.75, 3.05) is 13.1 Å². The quantitative estimate of drug-likeness (QED) is 0.832. The highest BCUT2D eigenvalue weighted by Gasteiger charge is 2.12.